The van der Waals surface area contributed by atoms with E-state index < -0.39 is 26.6 Å². The van der Waals surface area contributed by atoms with E-state index in [0.29, 0.717) is 18.7 Å². The Morgan fingerprint density at radius 1 is 1.17 bits per heavy atom. The van der Waals surface area contributed by atoms with Gasteiger partial charge in [0, 0.05) is 31.0 Å². The van der Waals surface area contributed by atoms with E-state index >= 15 is 0 Å². The molecule has 0 radical (unpaired) electrons. The van der Waals surface area contributed by atoms with E-state index in [1.807, 2.05) is 0 Å². The summed E-state index contributed by atoms with van der Waals surface area (Å²) in [5.41, 5.74) is 0.0591. The molecule has 2 aromatic carbocycles. The van der Waals surface area contributed by atoms with Gasteiger partial charge in [0.15, 0.2) is 9.84 Å². The Bertz CT molecular complexity index is 1050. The van der Waals surface area contributed by atoms with Gasteiger partial charge >= 0.3 is 5.97 Å². The standard InChI is InChI=1S/C18H19N3O7S/c1-29(27,28)14-10-12(18(23)24)9-13(11-14)20-17(22)7-4-8-19-15-5-2-3-6-16(15)21(25)26/h2-3,5-6,9-11,19H,4,7-8H2,1H3,(H,20,22)(H,23,24). The molecule has 0 aromatic heterocycles. The van der Waals surface area contributed by atoms with Crippen LogP contribution in [0.25, 0.3) is 0 Å². The van der Waals surface area contributed by atoms with Crippen molar-refractivity contribution in [2.24, 2.45) is 0 Å². The molecule has 0 aliphatic carbocycles. The average Bonchev–Trinajstić information content (AvgIpc) is 2.64. The minimum Gasteiger partial charge on any atom is -0.478 e. The average molecular weight is 421 g/mol. The highest BCUT2D eigenvalue weighted by Gasteiger charge is 2.15. The molecular weight excluding hydrogens is 402 g/mol. The number of para-hydroxylation sites is 2. The van der Waals surface area contributed by atoms with Crippen LogP contribution in [0.2, 0.25) is 0 Å². The van der Waals surface area contributed by atoms with Gasteiger partial charge in [-0.05, 0) is 30.7 Å². The van der Waals surface area contributed by atoms with Crippen molar-refractivity contribution in [1.29, 1.82) is 0 Å². The summed E-state index contributed by atoms with van der Waals surface area (Å²) in [6.07, 6.45) is 1.32. The van der Waals surface area contributed by atoms with Crippen molar-refractivity contribution in [2.45, 2.75) is 17.7 Å². The van der Waals surface area contributed by atoms with Crippen LogP contribution >= 0.6 is 0 Å². The number of sulfone groups is 1. The molecule has 0 spiro atoms. The predicted molar refractivity (Wildman–Crippen MR) is 106 cm³/mol. The lowest BCUT2D eigenvalue weighted by molar-refractivity contribution is -0.384. The number of carbonyl (C=O) groups excluding carboxylic acids is 1. The first-order valence-electron chi connectivity index (χ1n) is 8.43. The number of hydrogen-bond acceptors (Lipinski definition) is 7. The van der Waals surface area contributed by atoms with Crippen molar-refractivity contribution in [3.05, 3.63) is 58.1 Å². The second-order valence-corrected chi connectivity index (χ2v) is 8.19. The topological polar surface area (TPSA) is 156 Å². The van der Waals surface area contributed by atoms with Gasteiger partial charge in [-0.2, -0.15) is 0 Å². The summed E-state index contributed by atoms with van der Waals surface area (Å²) in [4.78, 5) is 33.5. The lowest BCUT2D eigenvalue weighted by Crippen LogP contribution is -2.15. The lowest BCUT2D eigenvalue weighted by atomic mass is 10.2. The molecule has 10 nitrogen and oxygen atoms in total. The first-order valence-corrected chi connectivity index (χ1v) is 10.3. The van der Waals surface area contributed by atoms with Gasteiger partial charge in [-0.1, -0.05) is 12.1 Å². The third kappa shape index (κ3) is 6.28. The van der Waals surface area contributed by atoms with E-state index in [1.54, 1.807) is 18.2 Å². The Balaban J connectivity index is 1.97. The number of carboxylic acids is 1. The van der Waals surface area contributed by atoms with Gasteiger partial charge < -0.3 is 15.7 Å². The first-order chi connectivity index (χ1) is 13.6. The van der Waals surface area contributed by atoms with E-state index in [2.05, 4.69) is 10.6 Å². The van der Waals surface area contributed by atoms with E-state index in [-0.39, 0.29) is 28.3 Å². The quantitative estimate of drug-likeness (QED) is 0.317. The zero-order valence-electron chi connectivity index (χ0n) is 15.4. The molecule has 0 atom stereocenters. The molecule has 0 fully saturated rings. The molecule has 2 aromatic rings. The minimum atomic E-state index is -3.66. The van der Waals surface area contributed by atoms with Gasteiger partial charge in [0.05, 0.1) is 15.4 Å². The Kier molecular flexibility index (Phi) is 6.89. The van der Waals surface area contributed by atoms with Crippen LogP contribution in [-0.4, -0.2) is 43.1 Å². The first kappa shape index (κ1) is 21.8. The Morgan fingerprint density at radius 3 is 2.48 bits per heavy atom. The number of hydrogen-bond donors (Lipinski definition) is 3. The number of anilines is 2. The number of nitrogens with zero attached hydrogens (tertiary/aromatic N) is 1. The third-order valence-electron chi connectivity index (χ3n) is 3.86. The number of rotatable bonds is 9. The number of nitro benzene ring substituents is 1. The second-order valence-electron chi connectivity index (χ2n) is 6.18. The molecule has 0 heterocycles. The molecule has 0 saturated heterocycles. The van der Waals surface area contributed by atoms with Crippen LogP contribution in [0.4, 0.5) is 17.1 Å². The minimum absolute atomic E-state index is 0.0408. The Morgan fingerprint density at radius 2 is 1.86 bits per heavy atom. The van der Waals surface area contributed by atoms with Crippen molar-refractivity contribution in [3.8, 4) is 0 Å². The van der Waals surface area contributed by atoms with Crippen molar-refractivity contribution in [2.75, 3.05) is 23.4 Å². The fraction of sp³-hybridized carbons (Fsp3) is 0.222. The zero-order chi connectivity index (χ0) is 21.6. The van der Waals surface area contributed by atoms with Gasteiger partial charge in [0.1, 0.15) is 5.69 Å². The molecule has 154 valence electrons. The van der Waals surface area contributed by atoms with Crippen molar-refractivity contribution in [3.63, 3.8) is 0 Å². The number of nitro groups is 1. The van der Waals surface area contributed by atoms with E-state index in [0.717, 1.165) is 12.3 Å². The Hall–Kier alpha value is -3.47. The fourth-order valence-corrected chi connectivity index (χ4v) is 3.17. The molecule has 0 unspecified atom stereocenters. The molecule has 29 heavy (non-hydrogen) atoms. The second kappa shape index (κ2) is 9.15. The fourth-order valence-electron chi connectivity index (χ4n) is 2.49. The summed E-state index contributed by atoms with van der Waals surface area (Å²) in [5.74, 6) is -1.77. The van der Waals surface area contributed by atoms with Crippen LogP contribution in [0.1, 0.15) is 23.2 Å². The summed E-state index contributed by atoms with van der Waals surface area (Å²) in [7, 11) is -3.66. The van der Waals surface area contributed by atoms with E-state index in [4.69, 9.17) is 5.11 Å². The summed E-state index contributed by atoms with van der Waals surface area (Å²) < 4.78 is 23.4. The Labute approximate surface area is 166 Å². The summed E-state index contributed by atoms with van der Waals surface area (Å²) >= 11 is 0. The SMILES string of the molecule is CS(=O)(=O)c1cc(NC(=O)CCCNc2ccccc2[N+](=O)[O-])cc(C(=O)O)c1. The maximum Gasteiger partial charge on any atom is 0.335 e. The summed E-state index contributed by atoms with van der Waals surface area (Å²) in [6, 6.07) is 9.49. The van der Waals surface area contributed by atoms with Crippen LogP contribution in [0.5, 0.6) is 0 Å². The lowest BCUT2D eigenvalue weighted by Gasteiger charge is -2.10. The number of benzene rings is 2. The van der Waals surface area contributed by atoms with Crippen LogP contribution in [-0.2, 0) is 14.6 Å². The van der Waals surface area contributed by atoms with Crippen LogP contribution in [0.3, 0.4) is 0 Å². The highest BCUT2D eigenvalue weighted by atomic mass is 32.2. The molecule has 1 amide bonds. The molecule has 0 saturated carbocycles. The predicted octanol–water partition coefficient (Wildman–Crippen LogP) is 2.53. The maximum atomic E-state index is 12.1. The number of aromatic carboxylic acids is 1. The third-order valence-corrected chi connectivity index (χ3v) is 4.95. The highest BCUT2D eigenvalue weighted by molar-refractivity contribution is 7.90. The number of carbonyl (C=O) groups is 2. The number of nitrogens with one attached hydrogen (secondary N) is 2. The summed E-state index contributed by atoms with van der Waals surface area (Å²) in [5, 5.41) is 25.4. The van der Waals surface area contributed by atoms with Crippen LogP contribution in [0, 0.1) is 10.1 Å². The maximum absolute atomic E-state index is 12.1. The monoisotopic (exact) mass is 421 g/mol. The summed E-state index contributed by atoms with van der Waals surface area (Å²) in [6.45, 7) is 0.294. The molecule has 0 bridgehead atoms. The number of amides is 1. The van der Waals surface area contributed by atoms with Crippen molar-refractivity contribution >= 4 is 38.8 Å². The molecule has 0 aliphatic rings. The van der Waals surface area contributed by atoms with Crippen molar-refractivity contribution in [1.82, 2.24) is 0 Å². The smallest absolute Gasteiger partial charge is 0.335 e. The van der Waals surface area contributed by atoms with Gasteiger partial charge in [0.2, 0.25) is 5.91 Å². The van der Waals surface area contributed by atoms with Gasteiger partial charge in [-0.25, -0.2) is 13.2 Å². The van der Waals surface area contributed by atoms with Crippen molar-refractivity contribution < 1.29 is 28.0 Å². The largest absolute Gasteiger partial charge is 0.478 e. The van der Waals surface area contributed by atoms with Gasteiger partial charge in [-0.3, -0.25) is 14.9 Å². The molecule has 2 rings (SSSR count). The van der Waals surface area contributed by atoms with E-state index in [9.17, 15) is 28.1 Å². The molecule has 11 heteroatoms. The van der Waals surface area contributed by atoms with E-state index in [1.165, 1.54) is 18.2 Å². The van der Waals surface area contributed by atoms with Gasteiger partial charge in [0.25, 0.3) is 5.69 Å². The van der Waals surface area contributed by atoms with Crippen LogP contribution in [0.15, 0.2) is 47.4 Å². The molecule has 0 aliphatic heterocycles. The normalized spacial score (nSPS) is 10.9. The zero-order valence-corrected chi connectivity index (χ0v) is 16.2. The molecular formula is C18H19N3O7S. The highest BCUT2D eigenvalue weighted by Crippen LogP contribution is 2.23. The number of carboxylic acid groups (broad SMARTS) is 1. The van der Waals surface area contributed by atoms with Crippen LogP contribution < -0.4 is 10.6 Å². The molecule has 3 N–H and O–H groups in total. The van der Waals surface area contributed by atoms with Gasteiger partial charge in [-0.15, -0.1) is 0 Å².